The van der Waals surface area contributed by atoms with Crippen LogP contribution in [-0.4, -0.2) is 52.2 Å². The van der Waals surface area contributed by atoms with Gasteiger partial charge in [0, 0.05) is 13.1 Å². The standard InChI is InChI=1S/C7H12N2O4/c8-7(6(12)13)1-2-9(4-7)5(11)3-10/h10H,1-4,8H2,(H,12,13)/t7-/m0/s1. The Kier molecular flexibility index (Phi) is 2.53. The Morgan fingerprint density at radius 2 is 2.15 bits per heavy atom. The highest BCUT2D eigenvalue weighted by Gasteiger charge is 2.42. The fourth-order valence-electron chi connectivity index (χ4n) is 1.32. The van der Waals surface area contributed by atoms with E-state index in [4.69, 9.17) is 15.9 Å². The molecular formula is C7H12N2O4. The van der Waals surface area contributed by atoms with Gasteiger partial charge in [-0.1, -0.05) is 0 Å². The highest BCUT2D eigenvalue weighted by Crippen LogP contribution is 2.18. The first kappa shape index (κ1) is 9.94. The fraction of sp³-hybridized carbons (Fsp3) is 0.714. The van der Waals surface area contributed by atoms with Crippen LogP contribution in [0.15, 0.2) is 0 Å². The van der Waals surface area contributed by atoms with Crippen molar-refractivity contribution in [3.8, 4) is 0 Å². The number of hydrogen-bond donors (Lipinski definition) is 3. The molecule has 0 aliphatic carbocycles. The van der Waals surface area contributed by atoms with Crippen molar-refractivity contribution < 1.29 is 19.8 Å². The number of carboxylic acids is 1. The number of carbonyl (C=O) groups is 2. The van der Waals surface area contributed by atoms with Gasteiger partial charge in [0.05, 0.1) is 0 Å². The van der Waals surface area contributed by atoms with Crippen LogP contribution in [-0.2, 0) is 9.59 Å². The second-order valence-electron chi connectivity index (χ2n) is 3.18. The van der Waals surface area contributed by atoms with E-state index in [1.807, 2.05) is 0 Å². The first-order valence-corrected chi connectivity index (χ1v) is 3.90. The smallest absolute Gasteiger partial charge is 0.325 e. The third kappa shape index (κ3) is 1.78. The van der Waals surface area contributed by atoms with Gasteiger partial charge in [-0.2, -0.15) is 0 Å². The summed E-state index contributed by atoms with van der Waals surface area (Å²) in [5.74, 6) is -1.59. The molecule has 13 heavy (non-hydrogen) atoms. The molecule has 0 aromatic rings. The number of carbonyl (C=O) groups excluding carboxylic acids is 1. The van der Waals surface area contributed by atoms with Crippen LogP contribution in [0.5, 0.6) is 0 Å². The van der Waals surface area contributed by atoms with Crippen molar-refractivity contribution in [1.82, 2.24) is 4.90 Å². The minimum absolute atomic E-state index is 0.0261. The van der Waals surface area contributed by atoms with Gasteiger partial charge in [0.15, 0.2) is 0 Å². The Morgan fingerprint density at radius 1 is 1.54 bits per heavy atom. The summed E-state index contributed by atoms with van der Waals surface area (Å²) >= 11 is 0. The molecule has 1 rings (SSSR count). The Labute approximate surface area is 74.9 Å². The number of nitrogens with zero attached hydrogens (tertiary/aromatic N) is 1. The highest BCUT2D eigenvalue weighted by molar-refractivity contribution is 5.83. The highest BCUT2D eigenvalue weighted by atomic mass is 16.4. The van der Waals surface area contributed by atoms with Gasteiger partial charge in [-0.25, -0.2) is 0 Å². The second kappa shape index (κ2) is 3.31. The maximum Gasteiger partial charge on any atom is 0.325 e. The van der Waals surface area contributed by atoms with Crippen LogP contribution in [0.25, 0.3) is 0 Å². The largest absolute Gasteiger partial charge is 0.480 e. The van der Waals surface area contributed by atoms with Crippen molar-refractivity contribution >= 4 is 11.9 Å². The minimum atomic E-state index is -1.34. The third-order valence-electron chi connectivity index (χ3n) is 2.21. The molecule has 1 atom stereocenters. The lowest BCUT2D eigenvalue weighted by Crippen LogP contribution is -2.50. The van der Waals surface area contributed by atoms with Crippen LogP contribution < -0.4 is 5.73 Å². The Morgan fingerprint density at radius 3 is 2.54 bits per heavy atom. The van der Waals surface area contributed by atoms with Crippen LogP contribution in [0.4, 0.5) is 0 Å². The second-order valence-corrected chi connectivity index (χ2v) is 3.18. The van der Waals surface area contributed by atoms with Gasteiger partial charge < -0.3 is 20.8 Å². The van der Waals surface area contributed by atoms with E-state index in [0.717, 1.165) is 0 Å². The van der Waals surface area contributed by atoms with E-state index in [-0.39, 0.29) is 13.0 Å². The maximum absolute atomic E-state index is 11.0. The number of carboxylic acid groups (broad SMARTS) is 1. The van der Waals surface area contributed by atoms with E-state index in [2.05, 4.69) is 0 Å². The third-order valence-corrected chi connectivity index (χ3v) is 2.21. The molecule has 74 valence electrons. The van der Waals surface area contributed by atoms with E-state index in [9.17, 15) is 9.59 Å². The molecule has 0 aromatic carbocycles. The van der Waals surface area contributed by atoms with Gasteiger partial charge in [0.25, 0.3) is 0 Å². The van der Waals surface area contributed by atoms with Gasteiger partial charge >= 0.3 is 5.97 Å². The van der Waals surface area contributed by atoms with Crippen LogP contribution in [0.1, 0.15) is 6.42 Å². The van der Waals surface area contributed by atoms with Gasteiger partial charge in [-0.3, -0.25) is 9.59 Å². The summed E-state index contributed by atoms with van der Waals surface area (Å²) in [6, 6.07) is 0. The molecule has 1 aliphatic rings. The molecule has 1 heterocycles. The normalized spacial score (nSPS) is 27.7. The van der Waals surface area contributed by atoms with E-state index >= 15 is 0 Å². The SMILES string of the molecule is N[C@@]1(C(=O)O)CCN(C(=O)CO)C1. The predicted octanol–water partition coefficient (Wildman–Crippen LogP) is -2.01. The number of aliphatic hydroxyl groups excluding tert-OH is 1. The van der Waals surface area contributed by atoms with Crippen LogP contribution in [0, 0.1) is 0 Å². The summed E-state index contributed by atoms with van der Waals surface area (Å²) in [4.78, 5) is 22.9. The topological polar surface area (TPSA) is 104 Å². The molecule has 0 radical (unpaired) electrons. The van der Waals surface area contributed by atoms with Gasteiger partial charge in [-0.05, 0) is 6.42 Å². The summed E-state index contributed by atoms with van der Waals surface area (Å²) in [6.45, 7) is -0.334. The number of nitrogens with two attached hydrogens (primary N) is 1. The average molecular weight is 188 g/mol. The molecule has 1 fully saturated rings. The number of aliphatic carboxylic acids is 1. The summed E-state index contributed by atoms with van der Waals surface area (Å²) in [6.07, 6.45) is 0.230. The molecule has 1 saturated heterocycles. The zero-order valence-corrected chi connectivity index (χ0v) is 7.06. The molecule has 0 bridgehead atoms. The first-order chi connectivity index (χ1) is 5.99. The lowest BCUT2D eigenvalue weighted by molar-refractivity contribution is -0.143. The van der Waals surface area contributed by atoms with E-state index < -0.39 is 24.0 Å². The number of rotatable bonds is 2. The number of aliphatic hydroxyl groups is 1. The molecule has 1 aliphatic heterocycles. The van der Waals surface area contributed by atoms with Crippen molar-refractivity contribution in [2.45, 2.75) is 12.0 Å². The van der Waals surface area contributed by atoms with Crippen LogP contribution in [0.3, 0.4) is 0 Å². The fourth-order valence-corrected chi connectivity index (χ4v) is 1.32. The first-order valence-electron chi connectivity index (χ1n) is 3.90. The summed E-state index contributed by atoms with van der Waals surface area (Å²) in [5, 5.41) is 17.2. The molecule has 0 spiro atoms. The Balaban J connectivity index is 2.63. The van der Waals surface area contributed by atoms with Gasteiger partial charge in [0.2, 0.25) is 5.91 Å². The number of hydrogen-bond acceptors (Lipinski definition) is 4. The average Bonchev–Trinajstić information content (AvgIpc) is 2.48. The van der Waals surface area contributed by atoms with Gasteiger partial charge in [-0.15, -0.1) is 0 Å². The molecule has 4 N–H and O–H groups in total. The number of amides is 1. The summed E-state index contributed by atoms with van der Waals surface area (Å²) in [7, 11) is 0. The molecule has 0 saturated carbocycles. The lowest BCUT2D eigenvalue weighted by atomic mass is 10.0. The monoisotopic (exact) mass is 188 g/mol. The molecule has 0 unspecified atom stereocenters. The van der Waals surface area contributed by atoms with Crippen LogP contribution >= 0.6 is 0 Å². The van der Waals surface area contributed by atoms with Crippen molar-refractivity contribution in [1.29, 1.82) is 0 Å². The van der Waals surface area contributed by atoms with Crippen molar-refractivity contribution in [3.05, 3.63) is 0 Å². The Hall–Kier alpha value is -1.14. The summed E-state index contributed by atoms with van der Waals surface area (Å²) < 4.78 is 0. The van der Waals surface area contributed by atoms with Crippen molar-refractivity contribution in [2.75, 3.05) is 19.7 Å². The van der Waals surface area contributed by atoms with Crippen LogP contribution in [0.2, 0.25) is 0 Å². The van der Waals surface area contributed by atoms with E-state index in [1.54, 1.807) is 0 Å². The van der Waals surface area contributed by atoms with E-state index in [1.165, 1.54) is 4.90 Å². The molecule has 0 aromatic heterocycles. The molecule has 6 nitrogen and oxygen atoms in total. The Bertz CT molecular complexity index is 243. The quantitative estimate of drug-likeness (QED) is 0.464. The van der Waals surface area contributed by atoms with Gasteiger partial charge in [0.1, 0.15) is 12.1 Å². The lowest BCUT2D eigenvalue weighted by Gasteiger charge is -2.19. The molecule has 1 amide bonds. The predicted molar refractivity (Wildman–Crippen MR) is 42.8 cm³/mol. The zero-order valence-electron chi connectivity index (χ0n) is 7.06. The zero-order chi connectivity index (χ0) is 10.1. The molecule has 6 heteroatoms. The maximum atomic E-state index is 11.0. The minimum Gasteiger partial charge on any atom is -0.480 e. The van der Waals surface area contributed by atoms with E-state index in [0.29, 0.717) is 6.54 Å². The van der Waals surface area contributed by atoms with Crippen molar-refractivity contribution in [2.24, 2.45) is 5.73 Å². The summed E-state index contributed by atoms with van der Waals surface area (Å²) in [5.41, 5.74) is 4.17. The molecular weight excluding hydrogens is 176 g/mol. The van der Waals surface area contributed by atoms with Crippen molar-refractivity contribution in [3.63, 3.8) is 0 Å². The number of likely N-dealkylation sites (tertiary alicyclic amines) is 1.